The van der Waals surface area contributed by atoms with Gasteiger partial charge in [-0.1, -0.05) is 12.1 Å². The molecule has 1 aliphatic rings. The largest absolute Gasteiger partial charge is 0.416 e. The van der Waals surface area contributed by atoms with E-state index in [0.717, 1.165) is 24.1 Å². The number of hydrogen-bond acceptors (Lipinski definition) is 4. The number of rotatable bonds is 3. The molecule has 1 heterocycles. The summed E-state index contributed by atoms with van der Waals surface area (Å²) in [5, 5.41) is 0. The highest BCUT2D eigenvalue weighted by atomic mass is 32.2. The Kier molecular flexibility index (Phi) is 4.98. The van der Waals surface area contributed by atoms with Gasteiger partial charge < -0.3 is 9.64 Å². The van der Waals surface area contributed by atoms with Gasteiger partial charge in [-0.15, -0.1) is 0 Å². The van der Waals surface area contributed by atoms with E-state index >= 15 is 0 Å². The van der Waals surface area contributed by atoms with Gasteiger partial charge in [-0.05, 0) is 42.0 Å². The first-order valence-electron chi connectivity index (χ1n) is 7.98. The van der Waals surface area contributed by atoms with Gasteiger partial charge in [0.2, 0.25) is 0 Å². The predicted octanol–water partition coefficient (Wildman–Crippen LogP) is 3.69. The molecule has 1 atom stereocenters. The zero-order valence-corrected chi connectivity index (χ0v) is 14.8. The van der Waals surface area contributed by atoms with Crippen LogP contribution in [-0.2, 0) is 20.8 Å². The molecule has 0 aromatic heterocycles. The molecule has 1 saturated heterocycles. The monoisotopic (exact) mass is 385 g/mol. The van der Waals surface area contributed by atoms with Gasteiger partial charge in [0.15, 0.2) is 9.84 Å². The lowest BCUT2D eigenvalue weighted by atomic mass is 10.0. The maximum atomic E-state index is 12.7. The zero-order valence-electron chi connectivity index (χ0n) is 14.0. The topological polar surface area (TPSA) is 46.6 Å². The van der Waals surface area contributed by atoms with E-state index in [9.17, 15) is 21.6 Å². The predicted molar refractivity (Wildman–Crippen MR) is 91.9 cm³/mol. The molecule has 0 radical (unpaired) electrons. The number of hydrogen-bond donors (Lipinski definition) is 0. The Balaban J connectivity index is 1.75. The van der Waals surface area contributed by atoms with Crippen molar-refractivity contribution < 1.29 is 26.3 Å². The van der Waals surface area contributed by atoms with Gasteiger partial charge in [0.05, 0.1) is 17.1 Å². The summed E-state index contributed by atoms with van der Waals surface area (Å²) in [6, 6.07) is 11.5. The molecule has 1 unspecified atom stereocenters. The fourth-order valence-corrected chi connectivity index (χ4v) is 3.51. The lowest BCUT2D eigenvalue weighted by molar-refractivity contribution is -0.137. The van der Waals surface area contributed by atoms with Crippen LogP contribution in [0, 0.1) is 0 Å². The van der Waals surface area contributed by atoms with E-state index in [4.69, 9.17) is 4.74 Å². The Labute approximate surface area is 150 Å². The molecule has 1 aliphatic heterocycles. The number of ether oxygens (including phenoxy) is 1. The molecule has 0 saturated carbocycles. The van der Waals surface area contributed by atoms with Crippen LogP contribution in [0.5, 0.6) is 0 Å². The Morgan fingerprint density at radius 1 is 1.04 bits per heavy atom. The second kappa shape index (κ2) is 6.92. The highest BCUT2D eigenvalue weighted by Gasteiger charge is 2.31. The molecule has 0 amide bonds. The third-order valence-corrected chi connectivity index (χ3v) is 5.43. The van der Waals surface area contributed by atoms with Crippen LogP contribution in [-0.4, -0.2) is 34.4 Å². The second-order valence-corrected chi connectivity index (χ2v) is 8.21. The quantitative estimate of drug-likeness (QED) is 0.809. The third kappa shape index (κ3) is 4.19. The van der Waals surface area contributed by atoms with Crippen molar-refractivity contribution in [2.24, 2.45) is 0 Å². The van der Waals surface area contributed by atoms with Crippen LogP contribution in [0.25, 0.3) is 0 Å². The Morgan fingerprint density at radius 3 is 2.19 bits per heavy atom. The van der Waals surface area contributed by atoms with Crippen molar-refractivity contribution in [3.8, 4) is 0 Å². The van der Waals surface area contributed by atoms with Crippen molar-refractivity contribution in [1.82, 2.24) is 0 Å². The van der Waals surface area contributed by atoms with Crippen LogP contribution >= 0.6 is 0 Å². The standard InChI is InChI=1S/C18H18F3NO3S/c1-26(23,24)16-8-6-15(7-9-16)22-10-11-25-17(12-22)13-2-4-14(5-3-13)18(19,20)21/h2-9,17H,10-12H2,1H3. The first-order chi connectivity index (χ1) is 12.1. The summed E-state index contributed by atoms with van der Waals surface area (Å²) in [6.45, 7) is 1.53. The molecule has 140 valence electrons. The van der Waals surface area contributed by atoms with E-state index in [1.165, 1.54) is 12.1 Å². The highest BCUT2D eigenvalue weighted by molar-refractivity contribution is 7.90. The molecule has 0 bridgehead atoms. The number of nitrogens with zero attached hydrogens (tertiary/aromatic N) is 1. The van der Waals surface area contributed by atoms with E-state index in [-0.39, 0.29) is 11.0 Å². The maximum Gasteiger partial charge on any atom is 0.416 e. The van der Waals surface area contributed by atoms with Crippen LogP contribution in [0.15, 0.2) is 53.4 Å². The van der Waals surface area contributed by atoms with Crippen molar-refractivity contribution in [3.05, 3.63) is 59.7 Å². The summed E-state index contributed by atoms with van der Waals surface area (Å²) in [5.74, 6) is 0. The minimum absolute atomic E-state index is 0.244. The Morgan fingerprint density at radius 2 is 1.65 bits per heavy atom. The minimum atomic E-state index is -4.36. The molecule has 0 spiro atoms. The van der Waals surface area contributed by atoms with Crippen LogP contribution in [0.2, 0.25) is 0 Å². The molecule has 8 heteroatoms. The van der Waals surface area contributed by atoms with Gasteiger partial charge in [0.25, 0.3) is 0 Å². The van der Waals surface area contributed by atoms with Crippen molar-refractivity contribution in [2.75, 3.05) is 30.9 Å². The fourth-order valence-electron chi connectivity index (χ4n) is 2.88. The lowest BCUT2D eigenvalue weighted by Gasteiger charge is -2.35. The average Bonchev–Trinajstić information content (AvgIpc) is 2.61. The number of alkyl halides is 3. The van der Waals surface area contributed by atoms with Crippen molar-refractivity contribution >= 4 is 15.5 Å². The number of morpholine rings is 1. The minimum Gasteiger partial charge on any atom is -0.370 e. The fraction of sp³-hybridized carbons (Fsp3) is 0.333. The summed E-state index contributed by atoms with van der Waals surface area (Å²) in [7, 11) is -3.26. The molecule has 0 N–H and O–H groups in total. The molecule has 0 aliphatic carbocycles. The van der Waals surface area contributed by atoms with Gasteiger partial charge in [-0.25, -0.2) is 8.42 Å². The van der Waals surface area contributed by atoms with E-state index in [1.807, 2.05) is 4.90 Å². The summed E-state index contributed by atoms with van der Waals surface area (Å²) in [6.07, 6.45) is -3.56. The number of sulfone groups is 1. The number of halogens is 3. The van der Waals surface area contributed by atoms with Gasteiger partial charge in [-0.3, -0.25) is 0 Å². The maximum absolute atomic E-state index is 12.7. The summed E-state index contributed by atoms with van der Waals surface area (Å²) in [4.78, 5) is 2.27. The van der Waals surface area contributed by atoms with Gasteiger partial charge in [0.1, 0.15) is 6.10 Å². The molecule has 4 nitrogen and oxygen atoms in total. The van der Waals surface area contributed by atoms with Crippen molar-refractivity contribution in [3.63, 3.8) is 0 Å². The van der Waals surface area contributed by atoms with Crippen molar-refractivity contribution in [2.45, 2.75) is 17.2 Å². The Bertz CT molecular complexity index is 862. The van der Waals surface area contributed by atoms with E-state index in [1.54, 1.807) is 24.3 Å². The molecule has 26 heavy (non-hydrogen) atoms. The van der Waals surface area contributed by atoms with Crippen LogP contribution in [0.3, 0.4) is 0 Å². The molecule has 2 aromatic carbocycles. The molecule has 2 aromatic rings. The first kappa shape index (κ1) is 18.7. The zero-order chi connectivity index (χ0) is 18.9. The molecular formula is C18H18F3NO3S. The smallest absolute Gasteiger partial charge is 0.370 e. The molecular weight excluding hydrogens is 367 g/mol. The van der Waals surface area contributed by atoms with Crippen LogP contribution in [0.4, 0.5) is 18.9 Å². The number of anilines is 1. The SMILES string of the molecule is CS(=O)(=O)c1ccc(N2CCOC(c3ccc(C(F)(F)F)cc3)C2)cc1. The highest BCUT2D eigenvalue weighted by Crippen LogP contribution is 2.32. The molecule has 1 fully saturated rings. The van der Waals surface area contributed by atoms with Crippen molar-refractivity contribution in [1.29, 1.82) is 0 Å². The van der Waals surface area contributed by atoms with E-state index < -0.39 is 21.6 Å². The van der Waals surface area contributed by atoms with Crippen LogP contribution in [0.1, 0.15) is 17.2 Å². The first-order valence-corrected chi connectivity index (χ1v) is 9.87. The number of benzene rings is 2. The van der Waals surface area contributed by atoms with Gasteiger partial charge >= 0.3 is 6.18 Å². The summed E-state index contributed by atoms with van der Waals surface area (Å²) >= 11 is 0. The normalized spacial score (nSPS) is 18.8. The summed E-state index contributed by atoms with van der Waals surface area (Å²) in [5.41, 5.74) is 0.832. The second-order valence-electron chi connectivity index (χ2n) is 6.19. The molecule has 3 rings (SSSR count). The van der Waals surface area contributed by atoms with Crippen LogP contribution < -0.4 is 4.90 Å². The Hall–Kier alpha value is -2.06. The van der Waals surface area contributed by atoms with Gasteiger partial charge in [0, 0.05) is 25.0 Å². The summed E-state index contributed by atoms with van der Waals surface area (Å²) < 4.78 is 66.8. The van der Waals surface area contributed by atoms with Gasteiger partial charge in [-0.2, -0.15) is 13.2 Å². The van der Waals surface area contributed by atoms with E-state index in [0.29, 0.717) is 25.3 Å². The average molecular weight is 385 g/mol. The van der Waals surface area contributed by atoms with E-state index in [2.05, 4.69) is 0 Å². The lowest BCUT2D eigenvalue weighted by Crippen LogP contribution is -2.38. The third-order valence-electron chi connectivity index (χ3n) is 4.31.